The summed E-state index contributed by atoms with van der Waals surface area (Å²) < 4.78 is 0. The van der Waals surface area contributed by atoms with Gasteiger partial charge in [-0.05, 0) is 33.3 Å². The number of carboxylic acid groups (broad SMARTS) is 1. The molecule has 21 heavy (non-hydrogen) atoms. The van der Waals surface area contributed by atoms with Crippen molar-refractivity contribution in [3.05, 3.63) is 35.9 Å². The highest BCUT2D eigenvalue weighted by molar-refractivity contribution is 5.77. The Morgan fingerprint density at radius 2 is 1.81 bits per heavy atom. The second-order valence-electron chi connectivity index (χ2n) is 6.05. The molecule has 0 heterocycles. The van der Waals surface area contributed by atoms with E-state index in [-0.39, 0.29) is 18.6 Å². The zero-order valence-corrected chi connectivity index (χ0v) is 13.1. The van der Waals surface area contributed by atoms with Crippen LogP contribution in [0, 0.1) is 5.41 Å². The number of rotatable bonds is 6. The molecule has 0 fully saturated rings. The van der Waals surface area contributed by atoms with Crippen LogP contribution in [0.4, 0.5) is 4.79 Å². The Labute approximate surface area is 126 Å². The number of hydrogen-bond donors (Lipinski definition) is 2. The molecule has 5 nitrogen and oxygen atoms in total. The zero-order chi connectivity index (χ0) is 16.0. The molecule has 2 amide bonds. The summed E-state index contributed by atoms with van der Waals surface area (Å²) in [5.41, 5.74) is 0.0595. The maximum absolute atomic E-state index is 12.3. The summed E-state index contributed by atoms with van der Waals surface area (Å²) in [6, 6.07) is 9.49. The van der Waals surface area contributed by atoms with E-state index >= 15 is 0 Å². The lowest BCUT2D eigenvalue weighted by molar-refractivity contribution is -0.146. The first-order valence-corrected chi connectivity index (χ1v) is 7.06. The number of hydrogen-bond acceptors (Lipinski definition) is 2. The fourth-order valence-corrected chi connectivity index (χ4v) is 1.74. The van der Waals surface area contributed by atoms with Gasteiger partial charge in [-0.2, -0.15) is 0 Å². The Balaban J connectivity index is 2.69. The number of carbonyl (C=O) groups excluding carboxylic acids is 1. The summed E-state index contributed by atoms with van der Waals surface area (Å²) in [6.45, 7) is 7.64. The third kappa shape index (κ3) is 5.10. The second-order valence-corrected chi connectivity index (χ2v) is 6.05. The third-order valence-corrected chi connectivity index (χ3v) is 3.34. The molecule has 0 bridgehead atoms. The first kappa shape index (κ1) is 17.0. The molecule has 0 aliphatic heterocycles. The number of aliphatic carboxylic acids is 1. The van der Waals surface area contributed by atoms with E-state index in [1.165, 1.54) is 0 Å². The van der Waals surface area contributed by atoms with E-state index < -0.39 is 11.4 Å². The van der Waals surface area contributed by atoms with E-state index in [4.69, 9.17) is 5.11 Å². The first-order valence-electron chi connectivity index (χ1n) is 7.06. The lowest BCUT2D eigenvalue weighted by Gasteiger charge is -2.29. The van der Waals surface area contributed by atoms with Crippen LogP contribution in [-0.4, -0.2) is 34.6 Å². The Bertz CT molecular complexity index is 484. The number of amides is 2. The average Bonchev–Trinajstić information content (AvgIpc) is 2.43. The normalized spacial score (nSPS) is 11.3. The minimum atomic E-state index is -0.981. The van der Waals surface area contributed by atoms with E-state index in [0.717, 1.165) is 5.56 Å². The Morgan fingerprint density at radius 3 is 2.29 bits per heavy atom. The molecule has 5 heteroatoms. The molecule has 0 radical (unpaired) electrons. The predicted molar refractivity (Wildman–Crippen MR) is 81.9 cm³/mol. The molecule has 1 rings (SSSR count). The van der Waals surface area contributed by atoms with Gasteiger partial charge in [0.05, 0.1) is 5.41 Å². The zero-order valence-electron chi connectivity index (χ0n) is 13.1. The second kappa shape index (κ2) is 7.11. The topological polar surface area (TPSA) is 69.6 Å². The number of carbonyl (C=O) groups is 2. The molecule has 2 N–H and O–H groups in total. The van der Waals surface area contributed by atoms with Crippen LogP contribution in [0.15, 0.2) is 30.3 Å². The van der Waals surface area contributed by atoms with Crippen LogP contribution in [0.3, 0.4) is 0 Å². The van der Waals surface area contributed by atoms with Gasteiger partial charge < -0.3 is 15.3 Å². The van der Waals surface area contributed by atoms with Gasteiger partial charge in [-0.3, -0.25) is 4.79 Å². The smallest absolute Gasteiger partial charge is 0.317 e. The van der Waals surface area contributed by atoms with Gasteiger partial charge in [0, 0.05) is 19.1 Å². The minimum Gasteiger partial charge on any atom is -0.481 e. The summed E-state index contributed by atoms with van der Waals surface area (Å²) in [6.07, 6.45) is 0. The molecular formula is C16H24N2O3. The van der Waals surface area contributed by atoms with Gasteiger partial charge >= 0.3 is 12.0 Å². The number of nitrogens with one attached hydrogen (secondary N) is 1. The molecule has 0 unspecified atom stereocenters. The molecular weight excluding hydrogens is 268 g/mol. The van der Waals surface area contributed by atoms with Crippen LogP contribution >= 0.6 is 0 Å². The number of carboxylic acids is 1. The van der Waals surface area contributed by atoms with Gasteiger partial charge in [0.25, 0.3) is 0 Å². The lowest BCUT2D eigenvalue weighted by Crippen LogP contribution is -2.47. The maximum Gasteiger partial charge on any atom is 0.317 e. The van der Waals surface area contributed by atoms with Gasteiger partial charge in [0.2, 0.25) is 0 Å². The fourth-order valence-electron chi connectivity index (χ4n) is 1.74. The Morgan fingerprint density at radius 1 is 1.24 bits per heavy atom. The van der Waals surface area contributed by atoms with Crippen molar-refractivity contribution in [1.82, 2.24) is 10.2 Å². The van der Waals surface area contributed by atoms with Crippen LogP contribution in [0.2, 0.25) is 0 Å². The third-order valence-electron chi connectivity index (χ3n) is 3.34. The highest BCUT2D eigenvalue weighted by atomic mass is 16.4. The van der Waals surface area contributed by atoms with Crippen molar-refractivity contribution in [1.29, 1.82) is 0 Å². The molecule has 0 aliphatic rings. The van der Waals surface area contributed by atoms with E-state index in [2.05, 4.69) is 5.32 Å². The standard InChI is InChI=1S/C16H24N2O3/c1-12(2)18(10-13-8-6-5-7-9-13)15(21)17-11-16(3,4)14(19)20/h5-9,12H,10-11H2,1-4H3,(H,17,21)(H,19,20). The first-order chi connectivity index (χ1) is 9.74. The van der Waals surface area contributed by atoms with E-state index in [9.17, 15) is 9.59 Å². The maximum atomic E-state index is 12.3. The average molecular weight is 292 g/mol. The van der Waals surface area contributed by atoms with Crippen molar-refractivity contribution in [2.45, 2.75) is 40.3 Å². The molecule has 116 valence electrons. The Kier molecular flexibility index (Phi) is 5.76. The van der Waals surface area contributed by atoms with Crippen LogP contribution in [0.1, 0.15) is 33.3 Å². The number of nitrogens with zero attached hydrogens (tertiary/aromatic N) is 1. The summed E-state index contributed by atoms with van der Waals surface area (Å²) >= 11 is 0. The van der Waals surface area contributed by atoms with Crippen molar-refractivity contribution in [3.63, 3.8) is 0 Å². The van der Waals surface area contributed by atoms with Crippen LogP contribution in [0.25, 0.3) is 0 Å². The SMILES string of the molecule is CC(C)N(Cc1ccccc1)C(=O)NCC(C)(C)C(=O)O. The van der Waals surface area contributed by atoms with Gasteiger partial charge in [-0.15, -0.1) is 0 Å². The van der Waals surface area contributed by atoms with Crippen LogP contribution < -0.4 is 5.32 Å². The molecule has 0 saturated carbocycles. The molecule has 0 spiro atoms. The molecule has 0 saturated heterocycles. The minimum absolute atomic E-state index is 0.0261. The van der Waals surface area contributed by atoms with Crippen molar-refractivity contribution in [2.24, 2.45) is 5.41 Å². The predicted octanol–water partition coefficient (Wildman–Crippen LogP) is 2.72. The summed E-state index contributed by atoms with van der Waals surface area (Å²) in [7, 11) is 0. The van der Waals surface area contributed by atoms with Crippen LogP contribution in [-0.2, 0) is 11.3 Å². The van der Waals surface area contributed by atoms with Gasteiger partial charge in [0.15, 0.2) is 0 Å². The highest BCUT2D eigenvalue weighted by Crippen LogP contribution is 2.14. The van der Waals surface area contributed by atoms with Gasteiger partial charge in [-0.1, -0.05) is 30.3 Å². The van der Waals surface area contributed by atoms with Crippen molar-refractivity contribution in [2.75, 3.05) is 6.54 Å². The molecule has 0 atom stereocenters. The van der Waals surface area contributed by atoms with E-state index in [1.54, 1.807) is 18.7 Å². The van der Waals surface area contributed by atoms with Crippen molar-refractivity contribution < 1.29 is 14.7 Å². The van der Waals surface area contributed by atoms with E-state index in [1.807, 2.05) is 44.2 Å². The van der Waals surface area contributed by atoms with Gasteiger partial charge in [0.1, 0.15) is 0 Å². The summed E-state index contributed by atoms with van der Waals surface area (Å²) in [4.78, 5) is 25.0. The number of benzene rings is 1. The monoisotopic (exact) mass is 292 g/mol. The molecule has 1 aromatic carbocycles. The fraction of sp³-hybridized carbons (Fsp3) is 0.500. The highest BCUT2D eigenvalue weighted by Gasteiger charge is 2.28. The number of urea groups is 1. The van der Waals surface area contributed by atoms with Crippen molar-refractivity contribution in [3.8, 4) is 0 Å². The van der Waals surface area contributed by atoms with Crippen molar-refractivity contribution >= 4 is 12.0 Å². The molecule has 0 aromatic heterocycles. The van der Waals surface area contributed by atoms with E-state index in [0.29, 0.717) is 6.54 Å². The Hall–Kier alpha value is -2.04. The molecule has 0 aliphatic carbocycles. The van der Waals surface area contributed by atoms with Gasteiger partial charge in [-0.25, -0.2) is 4.79 Å². The quantitative estimate of drug-likeness (QED) is 0.847. The summed E-state index contributed by atoms with van der Waals surface area (Å²) in [5, 5.41) is 11.8. The van der Waals surface area contributed by atoms with Crippen LogP contribution in [0.5, 0.6) is 0 Å². The largest absolute Gasteiger partial charge is 0.481 e. The molecule has 1 aromatic rings. The summed E-state index contributed by atoms with van der Waals surface area (Å²) in [5.74, 6) is -0.929. The lowest BCUT2D eigenvalue weighted by atomic mass is 9.94.